The molecule has 0 unspecified atom stereocenters. The third kappa shape index (κ3) is 5.72. The zero-order chi connectivity index (χ0) is 24.1. The highest BCUT2D eigenvalue weighted by Gasteiger charge is 2.30. The average Bonchev–Trinajstić information content (AvgIpc) is 2.85. The third-order valence-corrected chi connectivity index (χ3v) is 7.51. The molecule has 0 bridgehead atoms. The summed E-state index contributed by atoms with van der Waals surface area (Å²) < 4.78 is 38.6. The van der Waals surface area contributed by atoms with Crippen LogP contribution in [0.5, 0.6) is 5.75 Å². The van der Waals surface area contributed by atoms with Gasteiger partial charge in [0, 0.05) is 44.0 Å². The predicted octanol–water partition coefficient (Wildman–Crippen LogP) is 2.74. The number of amides is 1. The van der Waals surface area contributed by atoms with Crippen molar-refractivity contribution in [1.29, 1.82) is 0 Å². The summed E-state index contributed by atoms with van der Waals surface area (Å²) in [5.41, 5.74) is -0.297. The number of nitrogens with one attached hydrogen (secondary N) is 1. The lowest BCUT2D eigenvalue weighted by atomic mass is 10.0. The summed E-state index contributed by atoms with van der Waals surface area (Å²) in [7, 11) is -4.31. The quantitative estimate of drug-likeness (QED) is 0.464. The van der Waals surface area contributed by atoms with E-state index in [1.165, 1.54) is 24.3 Å². The minimum absolute atomic E-state index is 0.0165. The van der Waals surface area contributed by atoms with Crippen molar-refractivity contribution in [2.45, 2.75) is 42.7 Å². The largest absolute Gasteiger partial charge is 0.483 e. The molecule has 0 radical (unpaired) electrons. The van der Waals surface area contributed by atoms with Crippen LogP contribution in [-0.4, -0.2) is 62.6 Å². The van der Waals surface area contributed by atoms with Gasteiger partial charge in [0.2, 0.25) is 0 Å². The molecule has 0 atom stereocenters. The van der Waals surface area contributed by atoms with Gasteiger partial charge in [-0.25, -0.2) is 13.1 Å². The van der Waals surface area contributed by atoms with E-state index in [0.29, 0.717) is 6.04 Å². The SMILES string of the molecule is O=C(NS(=O)(=O)c1ccc(OC2CCN(C3CCOCC3)CC2)c([N+](=O)[O-])c1)c1ccccc1. The fourth-order valence-corrected chi connectivity index (χ4v) is 5.32. The van der Waals surface area contributed by atoms with E-state index in [9.17, 15) is 23.3 Å². The molecule has 4 rings (SSSR count). The van der Waals surface area contributed by atoms with E-state index in [2.05, 4.69) is 4.90 Å². The van der Waals surface area contributed by atoms with Gasteiger partial charge in [0.05, 0.1) is 9.82 Å². The van der Waals surface area contributed by atoms with Crippen LogP contribution in [-0.2, 0) is 14.8 Å². The number of ether oxygens (including phenoxy) is 2. The Hall–Kier alpha value is -3.02. The molecule has 2 saturated heterocycles. The van der Waals surface area contributed by atoms with Crippen LogP contribution in [0.2, 0.25) is 0 Å². The van der Waals surface area contributed by atoms with E-state index >= 15 is 0 Å². The Morgan fingerprint density at radius 1 is 1.06 bits per heavy atom. The first kappa shape index (κ1) is 24.1. The second kappa shape index (κ2) is 10.5. The first-order valence-electron chi connectivity index (χ1n) is 11.2. The van der Waals surface area contributed by atoms with Crippen LogP contribution in [0.15, 0.2) is 53.4 Å². The number of carbonyl (C=O) groups excluding carboxylic acids is 1. The summed E-state index contributed by atoms with van der Waals surface area (Å²) in [6, 6.07) is 11.8. The second-order valence-electron chi connectivity index (χ2n) is 8.38. The highest BCUT2D eigenvalue weighted by atomic mass is 32.2. The number of benzene rings is 2. The summed E-state index contributed by atoms with van der Waals surface area (Å²) >= 11 is 0. The Balaban J connectivity index is 1.43. The molecular weight excluding hydrogens is 462 g/mol. The number of nitrogens with zero attached hydrogens (tertiary/aromatic N) is 2. The molecule has 0 spiro atoms. The van der Waals surface area contributed by atoms with Gasteiger partial charge in [0.1, 0.15) is 6.10 Å². The van der Waals surface area contributed by atoms with E-state index in [1.807, 2.05) is 4.72 Å². The van der Waals surface area contributed by atoms with Gasteiger partial charge in [-0.3, -0.25) is 19.8 Å². The first-order chi connectivity index (χ1) is 16.3. The second-order valence-corrected chi connectivity index (χ2v) is 10.1. The van der Waals surface area contributed by atoms with Crippen molar-refractivity contribution < 1.29 is 27.6 Å². The predicted molar refractivity (Wildman–Crippen MR) is 123 cm³/mol. The molecule has 2 aliphatic heterocycles. The van der Waals surface area contributed by atoms with Crippen molar-refractivity contribution in [2.24, 2.45) is 0 Å². The molecule has 2 fully saturated rings. The van der Waals surface area contributed by atoms with Gasteiger partial charge in [-0.05, 0) is 49.9 Å². The van der Waals surface area contributed by atoms with Gasteiger partial charge < -0.3 is 9.47 Å². The number of hydrogen-bond donors (Lipinski definition) is 1. The van der Waals surface area contributed by atoms with Gasteiger partial charge in [-0.1, -0.05) is 18.2 Å². The maximum Gasteiger partial charge on any atom is 0.312 e. The van der Waals surface area contributed by atoms with E-state index < -0.39 is 26.5 Å². The maximum absolute atomic E-state index is 12.7. The van der Waals surface area contributed by atoms with Gasteiger partial charge in [-0.15, -0.1) is 0 Å². The molecule has 0 aromatic heterocycles. The van der Waals surface area contributed by atoms with Gasteiger partial charge >= 0.3 is 5.69 Å². The first-order valence-corrected chi connectivity index (χ1v) is 12.7. The topological polar surface area (TPSA) is 128 Å². The van der Waals surface area contributed by atoms with E-state index in [4.69, 9.17) is 9.47 Å². The lowest BCUT2D eigenvalue weighted by Gasteiger charge is -2.39. The zero-order valence-electron chi connectivity index (χ0n) is 18.6. The smallest absolute Gasteiger partial charge is 0.312 e. The molecule has 2 aliphatic rings. The van der Waals surface area contributed by atoms with Crippen molar-refractivity contribution in [3.8, 4) is 5.75 Å². The number of sulfonamides is 1. The Bertz CT molecular complexity index is 1130. The van der Waals surface area contributed by atoms with Gasteiger partial charge in [0.15, 0.2) is 5.75 Å². The van der Waals surface area contributed by atoms with Crippen molar-refractivity contribution in [3.63, 3.8) is 0 Å². The number of rotatable bonds is 7. The van der Waals surface area contributed by atoms with Crippen LogP contribution in [0.3, 0.4) is 0 Å². The number of likely N-dealkylation sites (tertiary alicyclic amines) is 1. The van der Waals surface area contributed by atoms with E-state index in [1.54, 1.807) is 18.2 Å². The molecule has 0 saturated carbocycles. The highest BCUT2D eigenvalue weighted by molar-refractivity contribution is 7.90. The summed E-state index contributed by atoms with van der Waals surface area (Å²) in [5.74, 6) is -0.803. The van der Waals surface area contributed by atoms with Crippen molar-refractivity contribution in [2.75, 3.05) is 26.3 Å². The average molecular weight is 490 g/mol. The molecule has 34 heavy (non-hydrogen) atoms. The molecule has 10 nitrogen and oxygen atoms in total. The Kier molecular flexibility index (Phi) is 7.44. The number of carbonyl (C=O) groups is 1. The van der Waals surface area contributed by atoms with Crippen molar-refractivity contribution >= 4 is 21.6 Å². The molecule has 11 heteroatoms. The van der Waals surface area contributed by atoms with Crippen LogP contribution < -0.4 is 9.46 Å². The third-order valence-electron chi connectivity index (χ3n) is 6.18. The highest BCUT2D eigenvalue weighted by Crippen LogP contribution is 2.32. The monoisotopic (exact) mass is 489 g/mol. The van der Waals surface area contributed by atoms with Crippen LogP contribution >= 0.6 is 0 Å². The van der Waals surface area contributed by atoms with Crippen LogP contribution in [0.25, 0.3) is 0 Å². The van der Waals surface area contributed by atoms with Crippen LogP contribution in [0.4, 0.5) is 5.69 Å². The fourth-order valence-electron chi connectivity index (χ4n) is 4.32. The van der Waals surface area contributed by atoms with Crippen LogP contribution in [0, 0.1) is 10.1 Å². The molecule has 2 heterocycles. The minimum Gasteiger partial charge on any atom is -0.483 e. The normalized spacial score (nSPS) is 18.4. The zero-order valence-corrected chi connectivity index (χ0v) is 19.4. The minimum atomic E-state index is -4.31. The Morgan fingerprint density at radius 3 is 2.38 bits per heavy atom. The molecule has 182 valence electrons. The number of nitro groups is 1. The standard InChI is InChI=1S/C23H27N3O7S/c27-23(17-4-2-1-3-5-17)24-34(30,31)20-6-7-22(21(16-20)26(28)29)33-19-8-12-25(13-9-19)18-10-14-32-15-11-18/h1-7,16,18-19H,8-15H2,(H,24,27). The molecule has 1 N–H and O–H groups in total. The number of nitro benzene ring substituents is 1. The van der Waals surface area contributed by atoms with E-state index in [-0.39, 0.29) is 22.3 Å². The molecule has 2 aromatic carbocycles. The molecule has 0 aliphatic carbocycles. The Morgan fingerprint density at radius 2 is 1.74 bits per heavy atom. The fraction of sp³-hybridized carbons (Fsp3) is 0.435. The summed E-state index contributed by atoms with van der Waals surface area (Å²) in [4.78, 5) is 25.3. The molecular formula is C23H27N3O7S. The molecule has 2 aromatic rings. The van der Waals surface area contributed by atoms with Gasteiger partial charge in [-0.2, -0.15) is 0 Å². The lowest BCUT2D eigenvalue weighted by molar-refractivity contribution is -0.386. The maximum atomic E-state index is 12.7. The summed E-state index contributed by atoms with van der Waals surface area (Å²) in [6.07, 6.45) is 3.26. The van der Waals surface area contributed by atoms with Gasteiger partial charge in [0.25, 0.3) is 15.9 Å². The number of hydrogen-bond acceptors (Lipinski definition) is 8. The molecule has 1 amide bonds. The van der Waals surface area contributed by atoms with E-state index in [0.717, 1.165) is 58.1 Å². The lowest BCUT2D eigenvalue weighted by Crippen LogP contribution is -2.46. The summed E-state index contributed by atoms with van der Waals surface area (Å²) in [6.45, 7) is 3.21. The Labute approximate surface area is 198 Å². The van der Waals surface area contributed by atoms with Crippen molar-refractivity contribution in [3.05, 3.63) is 64.2 Å². The van der Waals surface area contributed by atoms with Crippen molar-refractivity contribution in [1.82, 2.24) is 9.62 Å². The summed E-state index contributed by atoms with van der Waals surface area (Å²) in [5, 5.41) is 11.7. The van der Waals surface area contributed by atoms with Crippen LogP contribution in [0.1, 0.15) is 36.0 Å². The number of piperidine rings is 1.